The molecule has 0 aliphatic rings. The van der Waals surface area contributed by atoms with E-state index in [4.69, 9.17) is 0 Å². The van der Waals surface area contributed by atoms with Crippen LogP contribution in [0, 0.1) is 0 Å². The van der Waals surface area contributed by atoms with E-state index in [9.17, 15) is 4.79 Å². The Morgan fingerprint density at radius 2 is 2.04 bits per heavy atom. The van der Waals surface area contributed by atoms with Gasteiger partial charge in [0.15, 0.2) is 5.82 Å². The van der Waals surface area contributed by atoms with Crippen molar-refractivity contribution in [1.29, 1.82) is 0 Å². The lowest BCUT2D eigenvalue weighted by Gasteiger charge is -2.21. The Kier molecular flexibility index (Phi) is 4.85. The normalized spacial score (nSPS) is 11.4. The standard InChI is InChI=1S/C18H22N8O/c1-6-16(27)25(11-14-12-26(22-19-14)18(2,3)4)15-9-7-8-13(10-15)17-20-21-23-24(17)5/h6-10,12H,1,11H2,2-5H3. The Labute approximate surface area is 157 Å². The largest absolute Gasteiger partial charge is 0.303 e. The Morgan fingerprint density at radius 1 is 1.26 bits per heavy atom. The van der Waals surface area contributed by atoms with Crippen molar-refractivity contribution in [3.8, 4) is 11.4 Å². The molecule has 0 unspecified atom stereocenters. The first-order valence-electron chi connectivity index (χ1n) is 8.48. The second-order valence-electron chi connectivity index (χ2n) is 7.13. The van der Waals surface area contributed by atoms with Crippen LogP contribution >= 0.6 is 0 Å². The van der Waals surface area contributed by atoms with E-state index in [1.807, 2.05) is 51.2 Å². The lowest BCUT2D eigenvalue weighted by molar-refractivity contribution is -0.114. The van der Waals surface area contributed by atoms with Gasteiger partial charge in [-0.25, -0.2) is 9.36 Å². The molecule has 0 saturated carbocycles. The monoisotopic (exact) mass is 366 g/mol. The molecule has 9 heteroatoms. The molecule has 0 radical (unpaired) electrons. The molecule has 2 heterocycles. The first-order chi connectivity index (χ1) is 12.8. The molecule has 2 aromatic heterocycles. The number of hydrogen-bond donors (Lipinski definition) is 0. The highest BCUT2D eigenvalue weighted by Gasteiger charge is 2.20. The van der Waals surface area contributed by atoms with Gasteiger partial charge in [0, 0.05) is 18.3 Å². The third-order valence-electron chi connectivity index (χ3n) is 4.03. The minimum Gasteiger partial charge on any atom is -0.303 e. The van der Waals surface area contributed by atoms with Crippen molar-refractivity contribution in [3.63, 3.8) is 0 Å². The van der Waals surface area contributed by atoms with Gasteiger partial charge in [0.05, 0.1) is 18.3 Å². The second-order valence-corrected chi connectivity index (χ2v) is 7.13. The van der Waals surface area contributed by atoms with Crippen LogP contribution in [-0.4, -0.2) is 41.1 Å². The number of rotatable bonds is 5. The van der Waals surface area contributed by atoms with Crippen LogP contribution in [-0.2, 0) is 23.9 Å². The number of nitrogens with zero attached hydrogens (tertiary/aromatic N) is 8. The lowest BCUT2D eigenvalue weighted by atomic mass is 10.1. The molecule has 140 valence electrons. The van der Waals surface area contributed by atoms with Gasteiger partial charge in [-0.05, 0) is 49.4 Å². The molecule has 1 aromatic carbocycles. The summed E-state index contributed by atoms with van der Waals surface area (Å²) in [5.74, 6) is 0.384. The van der Waals surface area contributed by atoms with Gasteiger partial charge in [0.2, 0.25) is 0 Å². The van der Waals surface area contributed by atoms with Gasteiger partial charge < -0.3 is 4.90 Å². The topological polar surface area (TPSA) is 94.6 Å². The summed E-state index contributed by atoms with van der Waals surface area (Å²) >= 11 is 0. The van der Waals surface area contributed by atoms with Crippen LogP contribution in [0.15, 0.2) is 43.1 Å². The van der Waals surface area contributed by atoms with Crippen molar-refractivity contribution in [2.24, 2.45) is 7.05 Å². The zero-order valence-corrected chi connectivity index (χ0v) is 15.9. The van der Waals surface area contributed by atoms with Gasteiger partial charge in [0.25, 0.3) is 5.91 Å². The predicted octanol–water partition coefficient (Wildman–Crippen LogP) is 1.94. The summed E-state index contributed by atoms with van der Waals surface area (Å²) in [6.45, 7) is 10.0. The van der Waals surface area contributed by atoms with Crippen molar-refractivity contribution in [2.75, 3.05) is 4.90 Å². The number of aromatic nitrogens is 7. The van der Waals surface area contributed by atoms with E-state index >= 15 is 0 Å². The third-order valence-corrected chi connectivity index (χ3v) is 4.03. The molecule has 3 aromatic rings. The molecular weight excluding hydrogens is 344 g/mol. The Morgan fingerprint density at radius 3 is 2.63 bits per heavy atom. The summed E-state index contributed by atoms with van der Waals surface area (Å²) in [5.41, 5.74) is 2.01. The summed E-state index contributed by atoms with van der Waals surface area (Å²) in [6.07, 6.45) is 3.13. The molecular formula is C18H22N8O. The molecule has 0 fully saturated rings. The van der Waals surface area contributed by atoms with E-state index in [-0.39, 0.29) is 18.0 Å². The quantitative estimate of drug-likeness (QED) is 0.641. The number of benzene rings is 1. The molecule has 0 aliphatic heterocycles. The molecule has 0 aliphatic carbocycles. The molecule has 0 saturated heterocycles. The highest BCUT2D eigenvalue weighted by Crippen LogP contribution is 2.24. The summed E-state index contributed by atoms with van der Waals surface area (Å²) in [4.78, 5) is 14.1. The van der Waals surface area contributed by atoms with Crippen LogP contribution in [0.2, 0.25) is 0 Å². The number of carbonyl (C=O) groups excluding carboxylic acids is 1. The Balaban J connectivity index is 1.94. The van der Waals surface area contributed by atoms with Crippen LogP contribution in [0.1, 0.15) is 26.5 Å². The Hall–Kier alpha value is -3.36. The van der Waals surface area contributed by atoms with E-state index in [1.165, 1.54) is 6.08 Å². The molecule has 0 N–H and O–H groups in total. The fraction of sp³-hybridized carbons (Fsp3) is 0.333. The van der Waals surface area contributed by atoms with E-state index in [2.05, 4.69) is 32.4 Å². The average Bonchev–Trinajstić information content (AvgIpc) is 3.28. The number of carbonyl (C=O) groups is 1. The predicted molar refractivity (Wildman–Crippen MR) is 101 cm³/mol. The molecule has 0 atom stereocenters. The maximum Gasteiger partial charge on any atom is 0.250 e. The smallest absolute Gasteiger partial charge is 0.250 e. The number of tetrazole rings is 1. The van der Waals surface area contributed by atoms with Gasteiger partial charge in [0.1, 0.15) is 5.69 Å². The summed E-state index contributed by atoms with van der Waals surface area (Å²) in [7, 11) is 1.76. The minimum absolute atomic E-state index is 0.184. The second kappa shape index (κ2) is 7.10. The van der Waals surface area contributed by atoms with Crippen molar-refractivity contribution < 1.29 is 4.79 Å². The van der Waals surface area contributed by atoms with Gasteiger partial charge >= 0.3 is 0 Å². The van der Waals surface area contributed by atoms with E-state index in [0.717, 1.165) is 5.56 Å². The van der Waals surface area contributed by atoms with Gasteiger partial charge in [-0.3, -0.25) is 4.79 Å². The van der Waals surface area contributed by atoms with Crippen molar-refractivity contribution in [1.82, 2.24) is 35.2 Å². The molecule has 3 rings (SSSR count). The van der Waals surface area contributed by atoms with Crippen molar-refractivity contribution in [3.05, 3.63) is 48.8 Å². The number of amides is 1. The summed E-state index contributed by atoms with van der Waals surface area (Å²) in [5, 5.41) is 19.9. The molecule has 0 spiro atoms. The first-order valence-corrected chi connectivity index (χ1v) is 8.48. The minimum atomic E-state index is -0.228. The van der Waals surface area contributed by atoms with Gasteiger partial charge in [-0.15, -0.1) is 10.2 Å². The number of aryl methyl sites for hydroxylation is 1. The molecule has 1 amide bonds. The Bertz CT molecular complexity index is 966. The first kappa shape index (κ1) is 18.4. The highest BCUT2D eigenvalue weighted by atomic mass is 16.2. The van der Waals surface area contributed by atoms with Crippen LogP contribution in [0.25, 0.3) is 11.4 Å². The van der Waals surface area contributed by atoms with Crippen LogP contribution in [0.4, 0.5) is 5.69 Å². The maximum absolute atomic E-state index is 12.5. The third kappa shape index (κ3) is 3.91. The van der Waals surface area contributed by atoms with Crippen molar-refractivity contribution in [2.45, 2.75) is 32.9 Å². The summed E-state index contributed by atoms with van der Waals surface area (Å²) < 4.78 is 3.36. The van der Waals surface area contributed by atoms with Crippen molar-refractivity contribution >= 4 is 11.6 Å². The van der Waals surface area contributed by atoms with Gasteiger partial charge in [-0.2, -0.15) is 0 Å². The number of anilines is 1. The SMILES string of the molecule is C=CC(=O)N(Cc1cn(C(C)(C)C)nn1)c1cccc(-c2nnnn2C)c1. The highest BCUT2D eigenvalue weighted by molar-refractivity contribution is 6.01. The fourth-order valence-corrected chi connectivity index (χ4v) is 2.55. The average molecular weight is 366 g/mol. The van der Waals surface area contributed by atoms with Crippen LogP contribution in [0.5, 0.6) is 0 Å². The fourth-order valence-electron chi connectivity index (χ4n) is 2.55. The van der Waals surface area contributed by atoms with Gasteiger partial charge in [-0.1, -0.05) is 23.9 Å². The maximum atomic E-state index is 12.5. The zero-order chi connectivity index (χ0) is 19.6. The van der Waals surface area contributed by atoms with E-state index in [1.54, 1.807) is 21.3 Å². The molecule has 27 heavy (non-hydrogen) atoms. The van der Waals surface area contributed by atoms with E-state index < -0.39 is 0 Å². The van der Waals surface area contributed by atoms with Crippen LogP contribution in [0.3, 0.4) is 0 Å². The zero-order valence-electron chi connectivity index (χ0n) is 15.9. The molecule has 0 bridgehead atoms. The number of hydrogen-bond acceptors (Lipinski definition) is 6. The molecule has 9 nitrogen and oxygen atoms in total. The summed E-state index contributed by atoms with van der Waals surface area (Å²) in [6, 6.07) is 7.46. The lowest BCUT2D eigenvalue weighted by Crippen LogP contribution is -2.28. The van der Waals surface area contributed by atoms with Crippen LogP contribution < -0.4 is 4.90 Å². The van der Waals surface area contributed by atoms with E-state index in [0.29, 0.717) is 17.2 Å².